The normalized spacial score (nSPS) is 17.4. The van der Waals surface area contributed by atoms with Gasteiger partial charge in [0.15, 0.2) is 0 Å². The molecule has 1 unspecified atom stereocenters. The standard InChI is InChI=1S/C15H18BrClN2O2/c1-10(17)15(21)19-8-6-13(7-9-19)18-14(20)11-2-4-12(16)5-3-11/h2-5,10,13H,6-9H2,1H3,(H,18,20). The molecule has 1 aromatic carbocycles. The molecule has 1 atom stereocenters. The Bertz CT molecular complexity index is 511. The predicted molar refractivity (Wildman–Crippen MR) is 86.5 cm³/mol. The molecule has 0 spiro atoms. The molecule has 0 saturated carbocycles. The maximum atomic E-state index is 12.1. The Labute approximate surface area is 138 Å². The van der Waals surface area contributed by atoms with Gasteiger partial charge in [0, 0.05) is 29.2 Å². The highest BCUT2D eigenvalue weighted by Crippen LogP contribution is 2.15. The number of alkyl halides is 1. The highest BCUT2D eigenvalue weighted by Gasteiger charge is 2.25. The number of piperidine rings is 1. The van der Waals surface area contributed by atoms with Crippen LogP contribution in [0.4, 0.5) is 0 Å². The molecule has 0 bridgehead atoms. The molecule has 0 aromatic heterocycles. The van der Waals surface area contributed by atoms with E-state index >= 15 is 0 Å². The Morgan fingerprint density at radius 2 is 1.86 bits per heavy atom. The van der Waals surface area contributed by atoms with E-state index in [1.807, 2.05) is 12.1 Å². The summed E-state index contributed by atoms with van der Waals surface area (Å²) >= 11 is 9.16. The second-order valence-electron chi connectivity index (χ2n) is 5.20. The van der Waals surface area contributed by atoms with Gasteiger partial charge >= 0.3 is 0 Å². The van der Waals surface area contributed by atoms with E-state index in [9.17, 15) is 9.59 Å². The largest absolute Gasteiger partial charge is 0.349 e. The molecule has 4 nitrogen and oxygen atoms in total. The second kappa shape index (κ2) is 7.27. The van der Waals surface area contributed by atoms with Gasteiger partial charge in [-0.15, -0.1) is 11.6 Å². The van der Waals surface area contributed by atoms with Gasteiger partial charge in [0.1, 0.15) is 5.38 Å². The second-order valence-corrected chi connectivity index (χ2v) is 6.77. The number of rotatable bonds is 3. The lowest BCUT2D eigenvalue weighted by Crippen LogP contribution is -2.48. The zero-order chi connectivity index (χ0) is 15.4. The molecule has 1 aliphatic heterocycles. The van der Waals surface area contributed by atoms with Crippen LogP contribution in [0.25, 0.3) is 0 Å². The summed E-state index contributed by atoms with van der Waals surface area (Å²) < 4.78 is 0.945. The van der Waals surface area contributed by atoms with E-state index in [4.69, 9.17) is 11.6 Å². The van der Waals surface area contributed by atoms with Crippen molar-refractivity contribution >= 4 is 39.3 Å². The van der Waals surface area contributed by atoms with Crippen LogP contribution in [0.2, 0.25) is 0 Å². The average Bonchev–Trinajstić information content (AvgIpc) is 2.47. The minimum atomic E-state index is -0.487. The van der Waals surface area contributed by atoms with Crippen LogP contribution < -0.4 is 5.32 Å². The van der Waals surface area contributed by atoms with Crippen LogP contribution in [0, 0.1) is 0 Å². The van der Waals surface area contributed by atoms with E-state index in [-0.39, 0.29) is 17.9 Å². The van der Waals surface area contributed by atoms with Crippen LogP contribution in [0.1, 0.15) is 30.1 Å². The molecule has 1 heterocycles. The first kappa shape index (κ1) is 16.3. The van der Waals surface area contributed by atoms with Gasteiger partial charge in [-0.05, 0) is 44.0 Å². The van der Waals surface area contributed by atoms with Crippen molar-refractivity contribution in [2.75, 3.05) is 13.1 Å². The topological polar surface area (TPSA) is 49.4 Å². The van der Waals surface area contributed by atoms with E-state index in [0.29, 0.717) is 18.7 Å². The van der Waals surface area contributed by atoms with Crippen molar-refractivity contribution in [3.05, 3.63) is 34.3 Å². The Kier molecular flexibility index (Phi) is 5.65. The molecule has 114 valence electrons. The molecule has 1 N–H and O–H groups in total. The zero-order valence-corrected chi connectivity index (χ0v) is 14.2. The zero-order valence-electron chi connectivity index (χ0n) is 11.8. The quantitative estimate of drug-likeness (QED) is 0.828. The minimum Gasteiger partial charge on any atom is -0.349 e. The van der Waals surface area contributed by atoms with Gasteiger partial charge in [0.25, 0.3) is 5.91 Å². The first-order valence-corrected chi connectivity index (χ1v) is 8.19. The highest BCUT2D eigenvalue weighted by molar-refractivity contribution is 9.10. The fourth-order valence-corrected chi connectivity index (χ4v) is 2.77. The fourth-order valence-electron chi connectivity index (χ4n) is 2.37. The lowest BCUT2D eigenvalue weighted by molar-refractivity contribution is -0.131. The summed E-state index contributed by atoms with van der Waals surface area (Å²) in [6.45, 7) is 2.97. The van der Waals surface area contributed by atoms with Crippen molar-refractivity contribution in [2.45, 2.75) is 31.2 Å². The summed E-state index contributed by atoms with van der Waals surface area (Å²) in [6, 6.07) is 7.37. The number of nitrogens with one attached hydrogen (secondary N) is 1. The SMILES string of the molecule is CC(Cl)C(=O)N1CCC(NC(=O)c2ccc(Br)cc2)CC1. The summed E-state index contributed by atoms with van der Waals surface area (Å²) in [5, 5.41) is 2.53. The number of carbonyl (C=O) groups excluding carboxylic acids is 2. The molecule has 2 amide bonds. The predicted octanol–water partition coefficient (Wildman–Crippen LogP) is 2.80. The van der Waals surface area contributed by atoms with E-state index in [1.165, 1.54) is 0 Å². The van der Waals surface area contributed by atoms with Crippen LogP contribution in [-0.2, 0) is 4.79 Å². The maximum Gasteiger partial charge on any atom is 0.251 e. The molecule has 0 aliphatic carbocycles. The minimum absolute atomic E-state index is 0.0330. The van der Waals surface area contributed by atoms with Crippen LogP contribution in [0.3, 0.4) is 0 Å². The summed E-state index contributed by atoms with van der Waals surface area (Å²) in [6.07, 6.45) is 1.52. The molecule has 2 rings (SSSR count). The molecule has 21 heavy (non-hydrogen) atoms. The summed E-state index contributed by atoms with van der Waals surface area (Å²) in [5.74, 6) is -0.104. The number of likely N-dealkylation sites (tertiary alicyclic amines) is 1. The van der Waals surface area contributed by atoms with Gasteiger partial charge in [-0.25, -0.2) is 0 Å². The molecule has 6 heteroatoms. The van der Waals surface area contributed by atoms with Crippen LogP contribution in [-0.4, -0.2) is 41.2 Å². The van der Waals surface area contributed by atoms with Gasteiger partial charge in [-0.2, -0.15) is 0 Å². The number of hydrogen-bond acceptors (Lipinski definition) is 2. The number of nitrogens with zero attached hydrogens (tertiary/aromatic N) is 1. The Balaban J connectivity index is 1.84. The third-order valence-electron chi connectivity index (χ3n) is 3.59. The molecule has 1 aromatic rings. The number of benzene rings is 1. The first-order chi connectivity index (χ1) is 9.97. The lowest BCUT2D eigenvalue weighted by Gasteiger charge is -2.33. The molecule has 1 aliphatic rings. The van der Waals surface area contributed by atoms with E-state index in [1.54, 1.807) is 24.0 Å². The fraction of sp³-hybridized carbons (Fsp3) is 0.467. The molecular formula is C15H18BrClN2O2. The number of amides is 2. The molecule has 1 saturated heterocycles. The van der Waals surface area contributed by atoms with E-state index < -0.39 is 5.38 Å². The van der Waals surface area contributed by atoms with Crippen molar-refractivity contribution < 1.29 is 9.59 Å². The number of hydrogen-bond donors (Lipinski definition) is 1. The van der Waals surface area contributed by atoms with Gasteiger partial charge in [-0.1, -0.05) is 15.9 Å². The summed E-state index contributed by atoms with van der Waals surface area (Å²) in [4.78, 5) is 25.7. The van der Waals surface area contributed by atoms with Crippen molar-refractivity contribution in [1.82, 2.24) is 10.2 Å². The van der Waals surface area contributed by atoms with Gasteiger partial charge < -0.3 is 10.2 Å². The first-order valence-electron chi connectivity index (χ1n) is 6.96. The van der Waals surface area contributed by atoms with Gasteiger partial charge in [0.2, 0.25) is 5.91 Å². The van der Waals surface area contributed by atoms with Crippen molar-refractivity contribution in [3.63, 3.8) is 0 Å². The Morgan fingerprint density at radius 3 is 2.38 bits per heavy atom. The van der Waals surface area contributed by atoms with E-state index in [2.05, 4.69) is 21.2 Å². The van der Waals surface area contributed by atoms with Crippen LogP contribution in [0.15, 0.2) is 28.7 Å². The third kappa shape index (κ3) is 4.45. The third-order valence-corrected chi connectivity index (χ3v) is 4.30. The molecular weight excluding hydrogens is 356 g/mol. The highest BCUT2D eigenvalue weighted by atomic mass is 79.9. The molecule has 0 radical (unpaired) electrons. The Morgan fingerprint density at radius 1 is 1.29 bits per heavy atom. The van der Waals surface area contributed by atoms with Gasteiger partial charge in [-0.3, -0.25) is 9.59 Å². The monoisotopic (exact) mass is 372 g/mol. The average molecular weight is 374 g/mol. The summed E-state index contributed by atoms with van der Waals surface area (Å²) in [5.41, 5.74) is 0.645. The summed E-state index contributed by atoms with van der Waals surface area (Å²) in [7, 11) is 0. The van der Waals surface area contributed by atoms with E-state index in [0.717, 1.165) is 17.3 Å². The Hall–Kier alpha value is -1.07. The maximum absolute atomic E-state index is 12.1. The van der Waals surface area contributed by atoms with Crippen molar-refractivity contribution in [2.24, 2.45) is 0 Å². The molecule has 1 fully saturated rings. The van der Waals surface area contributed by atoms with Crippen LogP contribution >= 0.6 is 27.5 Å². The van der Waals surface area contributed by atoms with Crippen molar-refractivity contribution in [1.29, 1.82) is 0 Å². The van der Waals surface area contributed by atoms with Crippen LogP contribution in [0.5, 0.6) is 0 Å². The number of carbonyl (C=O) groups is 2. The lowest BCUT2D eigenvalue weighted by atomic mass is 10.0. The smallest absolute Gasteiger partial charge is 0.251 e. The van der Waals surface area contributed by atoms with Crippen molar-refractivity contribution in [3.8, 4) is 0 Å². The number of halogens is 2. The van der Waals surface area contributed by atoms with Gasteiger partial charge in [0.05, 0.1) is 0 Å².